The van der Waals surface area contributed by atoms with Crippen molar-refractivity contribution < 1.29 is 9.32 Å². The van der Waals surface area contributed by atoms with Crippen LogP contribution in [0, 0.1) is 0 Å². The molecule has 1 amide bonds. The second-order valence-corrected chi connectivity index (χ2v) is 6.23. The number of hydrogen-bond acceptors (Lipinski definition) is 5. The molecule has 130 valence electrons. The second kappa shape index (κ2) is 6.19. The van der Waals surface area contributed by atoms with Crippen molar-refractivity contribution in [3.8, 4) is 0 Å². The summed E-state index contributed by atoms with van der Waals surface area (Å²) in [6, 6.07) is 3.03. The number of nitrogens with zero attached hydrogens (tertiary/aromatic N) is 4. The number of imidazole rings is 1. The maximum Gasteiger partial charge on any atom is 0.293 e. The molecule has 25 heavy (non-hydrogen) atoms. The van der Waals surface area contributed by atoms with Crippen molar-refractivity contribution in [2.24, 2.45) is 0 Å². The Morgan fingerprint density at radius 3 is 3.08 bits per heavy atom. The summed E-state index contributed by atoms with van der Waals surface area (Å²) >= 11 is 0. The van der Waals surface area contributed by atoms with Gasteiger partial charge in [-0.05, 0) is 25.7 Å². The first-order chi connectivity index (χ1) is 12.2. The lowest BCUT2D eigenvalue weighted by molar-refractivity contribution is 0.0563. The number of carbonyl (C=O) groups is 1. The summed E-state index contributed by atoms with van der Waals surface area (Å²) in [5.41, 5.74) is 1.29. The molecule has 0 bridgehead atoms. The predicted molar refractivity (Wildman–Crippen MR) is 89.3 cm³/mol. The Bertz CT molecular complexity index is 970. The van der Waals surface area contributed by atoms with Crippen LogP contribution in [0.2, 0.25) is 0 Å². The van der Waals surface area contributed by atoms with E-state index in [1.54, 1.807) is 29.4 Å². The first kappa shape index (κ1) is 15.6. The van der Waals surface area contributed by atoms with Crippen LogP contribution in [0.4, 0.5) is 0 Å². The third-order valence-electron chi connectivity index (χ3n) is 4.67. The molecule has 4 heterocycles. The standard InChI is InChI=1S/C17H19N5O3/c1-2-11-9-14(25-20-11)16(24)21-7-4-3-5-13(21)12-10-15(23)22-8-6-18-17(22)19-12/h6,8-10,13H,2-5,7H2,1H3,(H,18,19)/t13-/m1/s1. The lowest BCUT2D eigenvalue weighted by Gasteiger charge is -2.35. The summed E-state index contributed by atoms with van der Waals surface area (Å²) in [7, 11) is 0. The average Bonchev–Trinajstić information content (AvgIpc) is 3.30. The summed E-state index contributed by atoms with van der Waals surface area (Å²) in [6.45, 7) is 2.58. The summed E-state index contributed by atoms with van der Waals surface area (Å²) in [5, 5.41) is 3.90. The number of likely N-dealkylation sites (tertiary alicyclic amines) is 1. The van der Waals surface area contributed by atoms with Gasteiger partial charge < -0.3 is 14.4 Å². The molecular formula is C17H19N5O3. The quantitative estimate of drug-likeness (QED) is 0.785. The highest BCUT2D eigenvalue weighted by Gasteiger charge is 2.31. The Morgan fingerprint density at radius 2 is 2.28 bits per heavy atom. The molecule has 1 fully saturated rings. The number of H-pyrrole nitrogens is 1. The lowest BCUT2D eigenvalue weighted by Crippen LogP contribution is -2.39. The van der Waals surface area contributed by atoms with Gasteiger partial charge in [0.2, 0.25) is 11.5 Å². The fourth-order valence-corrected chi connectivity index (χ4v) is 3.34. The summed E-state index contributed by atoms with van der Waals surface area (Å²) in [5.74, 6) is 0.530. The van der Waals surface area contributed by atoms with Crippen LogP contribution in [-0.2, 0) is 6.42 Å². The van der Waals surface area contributed by atoms with Crippen molar-refractivity contribution in [2.75, 3.05) is 6.54 Å². The molecule has 1 saturated heterocycles. The molecule has 1 N–H and O–H groups in total. The van der Waals surface area contributed by atoms with Crippen LogP contribution in [0.5, 0.6) is 0 Å². The minimum absolute atomic E-state index is 0.160. The maximum atomic E-state index is 12.9. The van der Waals surface area contributed by atoms with Crippen LogP contribution in [0.25, 0.3) is 5.78 Å². The Labute approximate surface area is 143 Å². The van der Waals surface area contributed by atoms with E-state index in [0.29, 0.717) is 24.4 Å². The molecule has 4 rings (SSSR count). The number of nitrogens with one attached hydrogen (secondary N) is 1. The maximum absolute atomic E-state index is 12.9. The van der Waals surface area contributed by atoms with Gasteiger partial charge in [0.25, 0.3) is 11.5 Å². The monoisotopic (exact) mass is 341 g/mol. The first-order valence-corrected chi connectivity index (χ1v) is 8.50. The van der Waals surface area contributed by atoms with Gasteiger partial charge in [0.05, 0.1) is 11.7 Å². The number of carbonyl (C=O) groups excluding carboxylic acids is 1. The number of rotatable bonds is 3. The number of piperidine rings is 1. The van der Waals surface area contributed by atoms with Gasteiger partial charge in [-0.3, -0.25) is 14.0 Å². The van der Waals surface area contributed by atoms with Crippen molar-refractivity contribution in [1.82, 2.24) is 24.4 Å². The highest BCUT2D eigenvalue weighted by Crippen LogP contribution is 2.31. The molecule has 1 aliphatic heterocycles. The third-order valence-corrected chi connectivity index (χ3v) is 4.67. The smallest absolute Gasteiger partial charge is 0.293 e. The highest BCUT2D eigenvalue weighted by molar-refractivity contribution is 5.91. The number of hydrogen-bond donors (Lipinski definition) is 1. The molecular weight excluding hydrogens is 322 g/mol. The summed E-state index contributed by atoms with van der Waals surface area (Å²) in [6.07, 6.45) is 6.60. The SMILES string of the molecule is CCc1cc(C(=O)N2CCCC[C@@H]2c2cc(=O)n3ccnc3[nH]2)on1. The number of aromatic amines is 1. The van der Waals surface area contributed by atoms with Crippen LogP contribution < -0.4 is 5.56 Å². The molecule has 8 nitrogen and oxygen atoms in total. The average molecular weight is 341 g/mol. The van der Waals surface area contributed by atoms with Crippen LogP contribution in [0.3, 0.4) is 0 Å². The molecule has 0 aliphatic carbocycles. The van der Waals surface area contributed by atoms with Gasteiger partial charge in [0.15, 0.2) is 0 Å². The molecule has 1 atom stereocenters. The van der Waals surface area contributed by atoms with E-state index in [4.69, 9.17) is 4.52 Å². The van der Waals surface area contributed by atoms with Gasteiger partial charge in [-0.2, -0.15) is 0 Å². The Kier molecular flexibility index (Phi) is 3.87. The topological polar surface area (TPSA) is 96.5 Å². The van der Waals surface area contributed by atoms with Gasteiger partial charge in [0, 0.05) is 36.8 Å². The molecule has 3 aromatic heterocycles. The van der Waals surface area contributed by atoms with E-state index in [1.807, 2.05) is 6.92 Å². The zero-order valence-corrected chi connectivity index (χ0v) is 13.9. The van der Waals surface area contributed by atoms with Crippen LogP contribution in [-0.4, -0.2) is 36.9 Å². The summed E-state index contributed by atoms with van der Waals surface area (Å²) in [4.78, 5) is 34.2. The molecule has 3 aromatic rings. The molecule has 1 aliphatic rings. The minimum atomic E-state index is -0.203. The van der Waals surface area contributed by atoms with Gasteiger partial charge in [-0.15, -0.1) is 0 Å². The molecule has 0 unspecified atom stereocenters. The first-order valence-electron chi connectivity index (χ1n) is 8.50. The number of aromatic nitrogens is 4. The zero-order valence-electron chi connectivity index (χ0n) is 13.9. The zero-order chi connectivity index (χ0) is 17.4. The van der Waals surface area contributed by atoms with Crippen LogP contribution >= 0.6 is 0 Å². The van der Waals surface area contributed by atoms with Crippen molar-refractivity contribution in [3.05, 3.63) is 52.0 Å². The number of amides is 1. The normalized spacial score (nSPS) is 18.0. The van der Waals surface area contributed by atoms with Crippen molar-refractivity contribution in [2.45, 2.75) is 38.6 Å². The summed E-state index contributed by atoms with van der Waals surface area (Å²) < 4.78 is 6.65. The van der Waals surface area contributed by atoms with Gasteiger partial charge in [-0.1, -0.05) is 12.1 Å². The van der Waals surface area contributed by atoms with E-state index in [-0.39, 0.29) is 23.3 Å². The molecule has 0 radical (unpaired) electrons. The Balaban J connectivity index is 1.70. The van der Waals surface area contributed by atoms with Crippen molar-refractivity contribution in [1.29, 1.82) is 0 Å². The molecule has 8 heteroatoms. The van der Waals surface area contributed by atoms with E-state index in [2.05, 4.69) is 15.1 Å². The van der Waals surface area contributed by atoms with Crippen molar-refractivity contribution >= 4 is 11.7 Å². The Morgan fingerprint density at radius 1 is 1.40 bits per heavy atom. The van der Waals surface area contributed by atoms with E-state index in [1.165, 1.54) is 4.40 Å². The predicted octanol–water partition coefficient (Wildman–Crippen LogP) is 1.94. The highest BCUT2D eigenvalue weighted by atomic mass is 16.5. The van der Waals surface area contributed by atoms with Gasteiger partial charge >= 0.3 is 0 Å². The van der Waals surface area contributed by atoms with E-state index in [9.17, 15) is 9.59 Å². The van der Waals surface area contributed by atoms with Crippen molar-refractivity contribution in [3.63, 3.8) is 0 Å². The number of aryl methyl sites for hydroxylation is 1. The second-order valence-electron chi connectivity index (χ2n) is 6.23. The number of fused-ring (bicyclic) bond motifs is 1. The van der Waals surface area contributed by atoms with E-state index >= 15 is 0 Å². The Hall–Kier alpha value is -2.90. The van der Waals surface area contributed by atoms with E-state index in [0.717, 1.165) is 25.0 Å². The van der Waals surface area contributed by atoms with Crippen LogP contribution in [0.15, 0.2) is 33.8 Å². The fraction of sp³-hybridized carbons (Fsp3) is 0.412. The van der Waals surface area contributed by atoms with E-state index < -0.39 is 0 Å². The van der Waals surface area contributed by atoms with Gasteiger partial charge in [-0.25, -0.2) is 4.98 Å². The van der Waals surface area contributed by atoms with Crippen LogP contribution in [0.1, 0.15) is 54.2 Å². The molecule has 0 aromatic carbocycles. The largest absolute Gasteiger partial charge is 0.351 e. The molecule has 0 saturated carbocycles. The molecule has 0 spiro atoms. The lowest BCUT2D eigenvalue weighted by atomic mass is 9.98. The van der Waals surface area contributed by atoms with Gasteiger partial charge in [0.1, 0.15) is 0 Å². The minimum Gasteiger partial charge on any atom is -0.351 e. The fourth-order valence-electron chi connectivity index (χ4n) is 3.34. The third kappa shape index (κ3) is 2.73.